The Hall–Kier alpha value is -0.630. The first-order chi connectivity index (χ1) is 5.13. The third-order valence-electron chi connectivity index (χ3n) is 1.97. The molecule has 0 bridgehead atoms. The van der Waals surface area contributed by atoms with E-state index in [0.29, 0.717) is 6.42 Å². The van der Waals surface area contributed by atoms with E-state index in [0.717, 1.165) is 6.42 Å². The van der Waals surface area contributed by atoms with Gasteiger partial charge < -0.3 is 5.73 Å². The number of Topliss-reactive ketones (excluding diaryl/α,β-unsaturated/α-hetero) is 1. The van der Waals surface area contributed by atoms with Gasteiger partial charge in [0, 0.05) is 6.42 Å². The van der Waals surface area contributed by atoms with Gasteiger partial charge in [0.05, 0.1) is 6.04 Å². The number of carbonyl (C=O) groups is 1. The molecule has 0 fully saturated rings. The predicted octanol–water partition coefficient (Wildman–Crippen LogP) is 1.50. The molecule has 2 unspecified atom stereocenters. The average molecular weight is 155 g/mol. The van der Waals surface area contributed by atoms with Crippen LogP contribution in [0.4, 0.5) is 0 Å². The highest BCUT2D eigenvalue weighted by Crippen LogP contribution is 2.07. The molecule has 0 aliphatic carbocycles. The van der Waals surface area contributed by atoms with E-state index >= 15 is 0 Å². The summed E-state index contributed by atoms with van der Waals surface area (Å²) in [4.78, 5) is 11.1. The molecule has 0 heterocycles. The molecule has 0 aliphatic heterocycles. The van der Waals surface area contributed by atoms with Crippen LogP contribution in [0, 0.1) is 5.92 Å². The fourth-order valence-electron chi connectivity index (χ4n) is 0.850. The molecule has 0 aromatic carbocycles. The maximum atomic E-state index is 11.1. The van der Waals surface area contributed by atoms with Crippen LogP contribution in [0.1, 0.15) is 26.7 Å². The Morgan fingerprint density at radius 3 is 2.64 bits per heavy atom. The van der Waals surface area contributed by atoms with Crippen molar-refractivity contribution in [3.05, 3.63) is 12.7 Å². The van der Waals surface area contributed by atoms with E-state index in [4.69, 9.17) is 5.73 Å². The molecule has 0 saturated heterocycles. The normalized spacial score (nSPS) is 15.5. The van der Waals surface area contributed by atoms with E-state index < -0.39 is 0 Å². The number of hydrogen-bond acceptors (Lipinski definition) is 2. The zero-order valence-corrected chi connectivity index (χ0v) is 7.34. The average Bonchev–Trinajstić information content (AvgIpc) is 2.02. The molecule has 2 heteroatoms. The van der Waals surface area contributed by atoms with Crippen LogP contribution in [0.3, 0.4) is 0 Å². The van der Waals surface area contributed by atoms with Crippen molar-refractivity contribution in [2.45, 2.75) is 32.7 Å². The molecule has 0 radical (unpaired) electrons. The van der Waals surface area contributed by atoms with Crippen molar-refractivity contribution in [2.75, 3.05) is 0 Å². The van der Waals surface area contributed by atoms with Gasteiger partial charge >= 0.3 is 0 Å². The molecule has 0 aromatic heterocycles. The number of rotatable bonds is 5. The first kappa shape index (κ1) is 10.4. The molecular weight excluding hydrogens is 138 g/mol. The van der Waals surface area contributed by atoms with Gasteiger partial charge in [-0.25, -0.2) is 0 Å². The highest BCUT2D eigenvalue weighted by Gasteiger charge is 2.17. The van der Waals surface area contributed by atoms with Crippen LogP contribution in [0.2, 0.25) is 0 Å². The number of ketones is 1. The minimum Gasteiger partial charge on any atom is -0.321 e. The monoisotopic (exact) mass is 155 g/mol. The lowest BCUT2D eigenvalue weighted by Gasteiger charge is -2.15. The van der Waals surface area contributed by atoms with Gasteiger partial charge in [-0.2, -0.15) is 0 Å². The van der Waals surface area contributed by atoms with Gasteiger partial charge in [0.25, 0.3) is 0 Å². The van der Waals surface area contributed by atoms with Crippen molar-refractivity contribution in [3.8, 4) is 0 Å². The molecule has 2 nitrogen and oxygen atoms in total. The minimum atomic E-state index is -0.307. The van der Waals surface area contributed by atoms with Crippen LogP contribution < -0.4 is 5.73 Å². The molecule has 0 saturated carbocycles. The Bertz CT molecular complexity index is 142. The molecule has 0 aromatic rings. The fourth-order valence-corrected chi connectivity index (χ4v) is 0.850. The molecule has 0 amide bonds. The van der Waals surface area contributed by atoms with Crippen LogP contribution in [0.5, 0.6) is 0 Å². The molecule has 0 aliphatic rings. The van der Waals surface area contributed by atoms with Gasteiger partial charge in [-0.15, -0.1) is 6.58 Å². The first-order valence-electron chi connectivity index (χ1n) is 4.02. The second kappa shape index (κ2) is 5.08. The first-order valence-corrected chi connectivity index (χ1v) is 4.02. The van der Waals surface area contributed by atoms with Gasteiger partial charge in [-0.05, 0) is 5.92 Å². The lowest BCUT2D eigenvalue weighted by atomic mass is 9.95. The van der Waals surface area contributed by atoms with Crippen LogP contribution >= 0.6 is 0 Å². The van der Waals surface area contributed by atoms with E-state index in [9.17, 15) is 4.79 Å². The zero-order valence-electron chi connectivity index (χ0n) is 7.34. The lowest BCUT2D eigenvalue weighted by molar-refractivity contribution is -0.120. The highest BCUT2D eigenvalue weighted by molar-refractivity contribution is 5.85. The number of allylic oxidation sites excluding steroid dienone is 1. The molecule has 11 heavy (non-hydrogen) atoms. The van der Waals surface area contributed by atoms with Crippen LogP contribution in [0.15, 0.2) is 12.7 Å². The van der Waals surface area contributed by atoms with E-state index in [-0.39, 0.29) is 17.7 Å². The van der Waals surface area contributed by atoms with Gasteiger partial charge in [0.1, 0.15) is 0 Å². The maximum Gasteiger partial charge on any atom is 0.153 e. The Kier molecular flexibility index (Phi) is 4.79. The van der Waals surface area contributed by atoms with Crippen molar-refractivity contribution in [1.82, 2.24) is 0 Å². The maximum absolute atomic E-state index is 11.1. The second-order valence-corrected chi connectivity index (χ2v) is 2.87. The number of carbonyl (C=O) groups excluding carboxylic acids is 1. The summed E-state index contributed by atoms with van der Waals surface area (Å²) in [6.45, 7) is 7.52. The summed E-state index contributed by atoms with van der Waals surface area (Å²) in [6.07, 6.45) is 2.94. The van der Waals surface area contributed by atoms with Crippen LogP contribution in [-0.4, -0.2) is 11.8 Å². The summed E-state index contributed by atoms with van der Waals surface area (Å²) < 4.78 is 0. The molecule has 64 valence electrons. The topological polar surface area (TPSA) is 43.1 Å². The molecule has 0 rings (SSSR count). The molecule has 2 N–H and O–H groups in total. The summed E-state index contributed by atoms with van der Waals surface area (Å²) in [6, 6.07) is -0.307. The van der Waals surface area contributed by atoms with Crippen molar-refractivity contribution < 1.29 is 4.79 Å². The van der Waals surface area contributed by atoms with Crippen molar-refractivity contribution in [2.24, 2.45) is 11.7 Å². The molecule has 2 atom stereocenters. The van der Waals surface area contributed by atoms with Gasteiger partial charge in [-0.3, -0.25) is 4.79 Å². The largest absolute Gasteiger partial charge is 0.321 e. The van der Waals surface area contributed by atoms with Gasteiger partial charge in [0.15, 0.2) is 5.78 Å². The number of hydrogen-bond donors (Lipinski definition) is 1. The quantitative estimate of drug-likeness (QED) is 0.611. The molecular formula is C9H17NO. The summed E-state index contributed by atoms with van der Waals surface area (Å²) in [5.74, 6) is 0.372. The van der Waals surface area contributed by atoms with E-state index in [2.05, 4.69) is 6.58 Å². The van der Waals surface area contributed by atoms with Crippen molar-refractivity contribution >= 4 is 5.78 Å². The summed E-state index contributed by atoms with van der Waals surface area (Å²) in [7, 11) is 0. The SMILES string of the molecule is C=CCC(=O)C(N)C(C)CC. The number of nitrogens with two attached hydrogens (primary N) is 1. The summed E-state index contributed by atoms with van der Waals surface area (Å²) in [5, 5.41) is 0. The van der Waals surface area contributed by atoms with E-state index in [1.165, 1.54) is 0 Å². The third-order valence-corrected chi connectivity index (χ3v) is 1.97. The smallest absolute Gasteiger partial charge is 0.153 e. The zero-order chi connectivity index (χ0) is 8.85. The summed E-state index contributed by atoms with van der Waals surface area (Å²) >= 11 is 0. The standard InChI is InChI=1S/C9H17NO/c1-4-6-8(11)9(10)7(3)5-2/h4,7,9H,1,5-6,10H2,2-3H3. The third kappa shape index (κ3) is 3.33. The van der Waals surface area contributed by atoms with Gasteiger partial charge in [-0.1, -0.05) is 26.3 Å². The highest BCUT2D eigenvalue weighted by atomic mass is 16.1. The van der Waals surface area contributed by atoms with Crippen molar-refractivity contribution in [3.63, 3.8) is 0 Å². The minimum absolute atomic E-state index is 0.0920. The molecule has 0 spiro atoms. The lowest BCUT2D eigenvalue weighted by Crippen LogP contribution is -2.36. The van der Waals surface area contributed by atoms with Gasteiger partial charge in [0.2, 0.25) is 0 Å². The van der Waals surface area contributed by atoms with E-state index in [1.54, 1.807) is 6.08 Å². The van der Waals surface area contributed by atoms with Crippen LogP contribution in [0.25, 0.3) is 0 Å². The Balaban J connectivity index is 3.90. The predicted molar refractivity (Wildman–Crippen MR) is 47.3 cm³/mol. The van der Waals surface area contributed by atoms with Crippen LogP contribution in [-0.2, 0) is 4.79 Å². The van der Waals surface area contributed by atoms with Crippen molar-refractivity contribution in [1.29, 1.82) is 0 Å². The Labute approximate surface area is 68.5 Å². The Morgan fingerprint density at radius 1 is 1.73 bits per heavy atom. The second-order valence-electron chi connectivity index (χ2n) is 2.87. The van der Waals surface area contributed by atoms with E-state index in [1.807, 2.05) is 13.8 Å². The fraction of sp³-hybridized carbons (Fsp3) is 0.667. The summed E-state index contributed by atoms with van der Waals surface area (Å²) in [5.41, 5.74) is 5.66. The Morgan fingerprint density at radius 2 is 2.27 bits per heavy atom.